The molecular weight excluding hydrogens is 478 g/mol. The standard InChI is InChI=1S/C21H14F6N8/c1-10-7-12(16(28)30-9-10)17-33-18(13-3-2-4-14(32-13)20(22,23)24)35-19(34-17)31-11-5-6-29-15(8-11)21(25,26)27/h2-9H,1H3,(H2,28,30)(H,29,31,33,34,35). The zero-order valence-corrected chi connectivity index (χ0v) is 17.6. The molecule has 0 aliphatic rings. The van der Waals surface area contributed by atoms with Gasteiger partial charge >= 0.3 is 12.4 Å². The van der Waals surface area contributed by atoms with Gasteiger partial charge in [-0.3, -0.25) is 4.98 Å². The van der Waals surface area contributed by atoms with Gasteiger partial charge in [-0.05, 0) is 42.8 Å². The SMILES string of the molecule is Cc1cnc(N)c(-c2nc(Nc3ccnc(C(F)(F)F)c3)nc(-c3cccc(C(F)(F)F)n3)n2)c1. The molecule has 3 N–H and O–H groups in total. The van der Waals surface area contributed by atoms with Gasteiger partial charge in [0.25, 0.3) is 0 Å². The molecule has 180 valence electrons. The minimum absolute atomic E-state index is 0.0268. The van der Waals surface area contributed by atoms with Crippen molar-refractivity contribution in [2.45, 2.75) is 19.3 Å². The fourth-order valence-corrected chi connectivity index (χ4v) is 2.94. The summed E-state index contributed by atoms with van der Waals surface area (Å²) in [6, 6.07) is 6.73. The molecule has 0 amide bonds. The fourth-order valence-electron chi connectivity index (χ4n) is 2.94. The normalized spacial score (nSPS) is 12.0. The number of alkyl halides is 6. The van der Waals surface area contributed by atoms with E-state index < -0.39 is 23.7 Å². The molecular formula is C21H14F6N8. The number of nitrogens with two attached hydrogens (primary N) is 1. The number of hydrogen-bond acceptors (Lipinski definition) is 8. The summed E-state index contributed by atoms with van der Waals surface area (Å²) >= 11 is 0. The van der Waals surface area contributed by atoms with Crippen LogP contribution in [0.4, 0.5) is 43.8 Å². The number of halogens is 6. The van der Waals surface area contributed by atoms with Crippen LogP contribution < -0.4 is 11.1 Å². The third-order valence-electron chi connectivity index (χ3n) is 4.51. The Morgan fingerprint density at radius 2 is 1.51 bits per heavy atom. The monoisotopic (exact) mass is 492 g/mol. The van der Waals surface area contributed by atoms with Crippen molar-refractivity contribution in [3.63, 3.8) is 0 Å². The van der Waals surface area contributed by atoms with Crippen LogP contribution in [0.15, 0.2) is 48.8 Å². The van der Waals surface area contributed by atoms with E-state index in [1.165, 1.54) is 18.3 Å². The molecule has 35 heavy (non-hydrogen) atoms. The van der Waals surface area contributed by atoms with Crippen LogP contribution in [-0.4, -0.2) is 29.9 Å². The Morgan fingerprint density at radius 3 is 2.23 bits per heavy atom. The predicted molar refractivity (Wildman–Crippen MR) is 113 cm³/mol. The van der Waals surface area contributed by atoms with E-state index in [0.717, 1.165) is 24.4 Å². The molecule has 0 bridgehead atoms. The quantitative estimate of drug-likeness (QED) is 0.380. The molecule has 4 aromatic rings. The largest absolute Gasteiger partial charge is 0.433 e. The molecule has 0 saturated heterocycles. The molecule has 14 heteroatoms. The van der Waals surface area contributed by atoms with E-state index in [9.17, 15) is 26.3 Å². The summed E-state index contributed by atoms with van der Waals surface area (Å²) in [4.78, 5) is 23.3. The molecule has 0 spiro atoms. The zero-order valence-electron chi connectivity index (χ0n) is 17.6. The maximum absolute atomic E-state index is 13.2. The van der Waals surface area contributed by atoms with Crippen LogP contribution in [-0.2, 0) is 12.4 Å². The highest BCUT2D eigenvalue weighted by molar-refractivity contribution is 5.71. The van der Waals surface area contributed by atoms with Crippen LogP contribution in [0.1, 0.15) is 17.0 Å². The van der Waals surface area contributed by atoms with Gasteiger partial charge in [0.05, 0.1) is 5.56 Å². The van der Waals surface area contributed by atoms with Gasteiger partial charge in [0.15, 0.2) is 11.6 Å². The predicted octanol–water partition coefficient (Wildman–Crippen LogP) is 5.06. The zero-order chi connectivity index (χ0) is 25.4. The molecule has 0 saturated carbocycles. The van der Waals surface area contributed by atoms with E-state index in [2.05, 4.69) is 35.2 Å². The second-order valence-electron chi connectivity index (χ2n) is 7.21. The van der Waals surface area contributed by atoms with Crippen molar-refractivity contribution < 1.29 is 26.3 Å². The van der Waals surface area contributed by atoms with Crippen molar-refractivity contribution in [3.8, 4) is 22.9 Å². The minimum Gasteiger partial charge on any atom is -0.383 e. The summed E-state index contributed by atoms with van der Waals surface area (Å²) in [5.74, 6) is -0.575. The highest BCUT2D eigenvalue weighted by Crippen LogP contribution is 2.32. The average Bonchev–Trinajstić information content (AvgIpc) is 2.79. The summed E-state index contributed by atoms with van der Waals surface area (Å²) in [7, 11) is 0. The molecule has 0 aromatic carbocycles. The molecule has 4 aromatic heterocycles. The van der Waals surface area contributed by atoms with E-state index in [0.29, 0.717) is 5.56 Å². The Morgan fingerprint density at radius 1 is 0.800 bits per heavy atom. The third kappa shape index (κ3) is 5.42. The number of nitrogen functional groups attached to an aromatic ring is 1. The van der Waals surface area contributed by atoms with Gasteiger partial charge < -0.3 is 11.1 Å². The smallest absolute Gasteiger partial charge is 0.383 e. The van der Waals surface area contributed by atoms with Crippen LogP contribution in [0.2, 0.25) is 0 Å². The Hall–Kier alpha value is -4.36. The van der Waals surface area contributed by atoms with Gasteiger partial charge in [-0.15, -0.1) is 0 Å². The highest BCUT2D eigenvalue weighted by Gasteiger charge is 2.33. The van der Waals surface area contributed by atoms with Crippen LogP contribution in [0.3, 0.4) is 0 Å². The number of anilines is 3. The number of aromatic nitrogens is 6. The summed E-state index contributed by atoms with van der Waals surface area (Å²) < 4.78 is 78.7. The average molecular weight is 492 g/mol. The fraction of sp³-hybridized carbons (Fsp3) is 0.143. The Bertz CT molecular complexity index is 1390. The van der Waals surface area contributed by atoms with Crippen LogP contribution in [0.5, 0.6) is 0 Å². The van der Waals surface area contributed by atoms with Gasteiger partial charge in [0, 0.05) is 18.1 Å². The molecule has 4 heterocycles. The Labute approximate surface area is 193 Å². The van der Waals surface area contributed by atoms with Crippen molar-refractivity contribution in [1.29, 1.82) is 0 Å². The molecule has 4 rings (SSSR count). The first kappa shape index (κ1) is 23.8. The van der Waals surface area contributed by atoms with E-state index >= 15 is 0 Å². The Kier molecular flexibility index (Phi) is 5.96. The molecule has 0 aliphatic heterocycles. The maximum Gasteiger partial charge on any atom is 0.433 e. The second-order valence-corrected chi connectivity index (χ2v) is 7.21. The number of nitrogens with zero attached hydrogens (tertiary/aromatic N) is 6. The van der Waals surface area contributed by atoms with Gasteiger partial charge in [0.2, 0.25) is 5.95 Å². The van der Waals surface area contributed by atoms with E-state index in [4.69, 9.17) is 5.73 Å². The van der Waals surface area contributed by atoms with Gasteiger partial charge in [-0.25, -0.2) is 15.0 Å². The van der Waals surface area contributed by atoms with Gasteiger partial charge in [-0.2, -0.15) is 36.3 Å². The number of pyridine rings is 3. The van der Waals surface area contributed by atoms with Crippen LogP contribution >= 0.6 is 0 Å². The van der Waals surface area contributed by atoms with E-state index in [-0.39, 0.29) is 40.4 Å². The summed E-state index contributed by atoms with van der Waals surface area (Å²) in [6.07, 6.45) is -6.99. The number of hydrogen-bond donors (Lipinski definition) is 2. The summed E-state index contributed by atoms with van der Waals surface area (Å²) in [6.45, 7) is 1.72. The molecule has 0 radical (unpaired) electrons. The first-order valence-electron chi connectivity index (χ1n) is 9.73. The van der Waals surface area contributed by atoms with Crippen molar-refractivity contribution >= 4 is 17.5 Å². The molecule has 8 nitrogen and oxygen atoms in total. The second kappa shape index (κ2) is 8.77. The first-order chi connectivity index (χ1) is 16.4. The van der Waals surface area contributed by atoms with Crippen molar-refractivity contribution in [2.24, 2.45) is 0 Å². The lowest BCUT2D eigenvalue weighted by molar-refractivity contribution is -0.141. The van der Waals surface area contributed by atoms with Crippen molar-refractivity contribution in [2.75, 3.05) is 11.1 Å². The number of aryl methyl sites for hydroxylation is 1. The highest BCUT2D eigenvalue weighted by atomic mass is 19.4. The van der Waals surface area contributed by atoms with E-state index in [1.54, 1.807) is 13.0 Å². The molecule has 0 unspecified atom stereocenters. The third-order valence-corrected chi connectivity index (χ3v) is 4.51. The summed E-state index contributed by atoms with van der Waals surface area (Å²) in [5, 5.41) is 2.60. The van der Waals surface area contributed by atoms with Crippen molar-refractivity contribution in [3.05, 3.63) is 65.7 Å². The maximum atomic E-state index is 13.2. The van der Waals surface area contributed by atoms with Crippen LogP contribution in [0, 0.1) is 6.92 Å². The lowest BCUT2D eigenvalue weighted by atomic mass is 10.2. The number of rotatable bonds is 4. The first-order valence-corrected chi connectivity index (χ1v) is 9.73. The van der Waals surface area contributed by atoms with Gasteiger partial charge in [-0.1, -0.05) is 6.07 Å². The topological polar surface area (TPSA) is 115 Å². The molecule has 0 atom stereocenters. The number of nitrogens with one attached hydrogen (secondary N) is 1. The summed E-state index contributed by atoms with van der Waals surface area (Å²) in [5.41, 5.74) is 4.22. The molecule has 0 aliphatic carbocycles. The van der Waals surface area contributed by atoms with Crippen molar-refractivity contribution in [1.82, 2.24) is 29.9 Å². The lowest BCUT2D eigenvalue weighted by Gasteiger charge is -2.12. The van der Waals surface area contributed by atoms with Gasteiger partial charge in [0.1, 0.15) is 22.9 Å². The van der Waals surface area contributed by atoms with E-state index in [1.807, 2.05) is 0 Å². The molecule has 0 fully saturated rings. The minimum atomic E-state index is -4.72. The Balaban J connectivity index is 1.85. The lowest BCUT2D eigenvalue weighted by Crippen LogP contribution is -2.10. The van der Waals surface area contributed by atoms with Crippen LogP contribution in [0.25, 0.3) is 22.9 Å².